The Morgan fingerprint density at radius 2 is 2.03 bits per heavy atom. The maximum Gasteiger partial charge on any atom is 0.279 e. The van der Waals surface area contributed by atoms with Gasteiger partial charge in [-0.05, 0) is 57.1 Å². The molecule has 9 nitrogen and oxygen atoms in total. The molecular weight excluding hydrogens is 541 g/mol. The first-order valence-electron chi connectivity index (χ1n) is 12.8. The van der Waals surface area contributed by atoms with Crippen molar-refractivity contribution in [1.29, 1.82) is 0 Å². The number of aromatic nitrogens is 1. The molecule has 0 bridgehead atoms. The van der Waals surface area contributed by atoms with Crippen LogP contribution in [0.25, 0.3) is 10.2 Å². The number of hydroxylamine groups is 2. The number of piperidine rings is 1. The predicted molar refractivity (Wildman–Crippen MR) is 156 cm³/mol. The van der Waals surface area contributed by atoms with Gasteiger partial charge in [0.15, 0.2) is 0 Å². The zero-order valence-corrected chi connectivity index (χ0v) is 24.3. The van der Waals surface area contributed by atoms with E-state index in [2.05, 4.69) is 16.6 Å². The Balaban J connectivity index is 1.50. The van der Waals surface area contributed by atoms with Crippen LogP contribution in [0, 0.1) is 5.92 Å². The first-order chi connectivity index (χ1) is 18.3. The smallest absolute Gasteiger partial charge is 0.279 e. The van der Waals surface area contributed by atoms with Gasteiger partial charge in [0.05, 0.1) is 27.2 Å². The van der Waals surface area contributed by atoms with Crippen LogP contribution in [0.2, 0.25) is 0 Å². The molecule has 0 aliphatic carbocycles. The highest BCUT2D eigenvalue weighted by atomic mass is 32.2. The summed E-state index contributed by atoms with van der Waals surface area (Å²) < 4.78 is 32.7. The number of hydrogen-bond acceptors (Lipinski definition) is 9. The lowest BCUT2D eigenvalue weighted by molar-refractivity contribution is -0.0734. The highest BCUT2D eigenvalue weighted by molar-refractivity contribution is 8.14. The van der Waals surface area contributed by atoms with Crippen LogP contribution in [0.15, 0.2) is 59.7 Å². The molecule has 4 heterocycles. The number of thiophene rings is 1. The molecule has 3 aromatic rings. The number of nitrogens with one attached hydrogen (secondary N) is 1. The number of hydrogen-bond donors (Lipinski definition) is 1. The van der Waals surface area contributed by atoms with Crippen molar-refractivity contribution in [1.82, 2.24) is 24.0 Å². The van der Waals surface area contributed by atoms with Gasteiger partial charge in [-0.25, -0.2) is 9.71 Å². The Kier molecular flexibility index (Phi) is 8.68. The van der Waals surface area contributed by atoms with Gasteiger partial charge >= 0.3 is 0 Å². The van der Waals surface area contributed by atoms with Crippen LogP contribution in [0.5, 0.6) is 5.75 Å². The lowest BCUT2D eigenvalue weighted by Gasteiger charge is -2.42. The van der Waals surface area contributed by atoms with Gasteiger partial charge in [0.25, 0.3) is 10.2 Å². The van der Waals surface area contributed by atoms with Crippen molar-refractivity contribution < 1.29 is 13.3 Å². The number of thioether (sulfide) groups is 1. The molecule has 0 amide bonds. The van der Waals surface area contributed by atoms with E-state index in [0.717, 1.165) is 33.1 Å². The van der Waals surface area contributed by atoms with Gasteiger partial charge in [0, 0.05) is 31.9 Å². The minimum Gasteiger partial charge on any atom is -0.404 e. The topological polar surface area (TPSA) is 90.4 Å². The normalized spacial score (nSPS) is 24.5. The molecule has 12 heteroatoms. The Morgan fingerprint density at radius 3 is 2.79 bits per heavy atom. The van der Waals surface area contributed by atoms with Crippen LogP contribution in [-0.4, -0.2) is 84.4 Å². The molecule has 38 heavy (non-hydrogen) atoms. The van der Waals surface area contributed by atoms with Crippen LogP contribution in [-0.2, 0) is 10.2 Å². The number of likely N-dealkylation sites (N-methyl/N-ethyl adjacent to an activating group) is 1. The number of benzene rings is 1. The Labute approximate surface area is 233 Å². The van der Waals surface area contributed by atoms with Crippen molar-refractivity contribution in [3.63, 3.8) is 0 Å². The van der Waals surface area contributed by atoms with E-state index in [9.17, 15) is 8.42 Å². The quantitative estimate of drug-likeness (QED) is 0.410. The number of nitrogens with zero attached hydrogens (tertiary/aromatic N) is 5. The maximum atomic E-state index is 13.6. The molecule has 204 valence electrons. The third-order valence-corrected chi connectivity index (χ3v) is 10.4. The fourth-order valence-corrected chi connectivity index (χ4v) is 8.28. The zero-order chi connectivity index (χ0) is 26.7. The van der Waals surface area contributed by atoms with Crippen molar-refractivity contribution in [3.8, 4) is 5.75 Å². The third kappa shape index (κ3) is 6.39. The first-order valence-corrected chi connectivity index (χ1v) is 16.0. The van der Waals surface area contributed by atoms with E-state index < -0.39 is 10.2 Å². The monoisotopic (exact) mass is 574 g/mol. The van der Waals surface area contributed by atoms with Gasteiger partial charge in [0.1, 0.15) is 16.8 Å². The fourth-order valence-electron chi connectivity index (χ4n) is 4.82. The van der Waals surface area contributed by atoms with E-state index in [-0.39, 0.29) is 12.1 Å². The average Bonchev–Trinajstić information content (AvgIpc) is 3.47. The number of aliphatic imine (C=N–C) groups is 1. The second kappa shape index (κ2) is 12.0. The molecule has 2 fully saturated rings. The molecule has 2 aliphatic heterocycles. The summed E-state index contributed by atoms with van der Waals surface area (Å²) in [5, 5.41) is 3.62. The van der Waals surface area contributed by atoms with Crippen molar-refractivity contribution in [2.24, 2.45) is 10.9 Å². The molecule has 3 atom stereocenters. The lowest BCUT2D eigenvalue weighted by Crippen LogP contribution is -2.59. The van der Waals surface area contributed by atoms with Gasteiger partial charge < -0.3 is 9.74 Å². The standard InChI is InChI=1S/C26H34N6O3S3/c1-19-11-14-32(38(33,34)28-13-15-30(2)3)22(16-19)25-26(29-24-17-21-23(37-24)10-7-12-27-21)36-18-31(25)35-20-8-5-4-6-9-20/h4-10,12,17,19,22,25,28H,11,13-16,18H2,1-3H3. The number of fused-ring (bicyclic) bond motifs is 1. The molecule has 1 N–H and O–H groups in total. The highest BCUT2D eigenvalue weighted by Crippen LogP contribution is 2.39. The van der Waals surface area contributed by atoms with Gasteiger partial charge in [0.2, 0.25) is 0 Å². The van der Waals surface area contributed by atoms with Gasteiger partial charge in [-0.15, -0.1) is 16.4 Å². The molecule has 0 radical (unpaired) electrons. The maximum absolute atomic E-state index is 13.6. The Morgan fingerprint density at radius 1 is 1.21 bits per heavy atom. The predicted octanol–water partition coefficient (Wildman–Crippen LogP) is 4.19. The van der Waals surface area contributed by atoms with Gasteiger partial charge in [-0.3, -0.25) is 4.98 Å². The summed E-state index contributed by atoms with van der Waals surface area (Å²) in [5.74, 6) is 1.65. The molecule has 2 aliphatic rings. The van der Waals surface area contributed by atoms with Gasteiger partial charge in [-0.2, -0.15) is 12.7 Å². The number of rotatable bonds is 9. The van der Waals surface area contributed by atoms with Crippen LogP contribution < -0.4 is 9.56 Å². The molecule has 1 aromatic carbocycles. The molecule has 5 rings (SSSR count). The number of pyridine rings is 1. The zero-order valence-electron chi connectivity index (χ0n) is 21.9. The molecule has 2 saturated heterocycles. The molecule has 0 spiro atoms. The molecule has 0 saturated carbocycles. The van der Waals surface area contributed by atoms with Crippen molar-refractivity contribution in [2.75, 3.05) is 39.6 Å². The molecule has 3 unspecified atom stereocenters. The van der Waals surface area contributed by atoms with Crippen LogP contribution >= 0.6 is 23.1 Å². The summed E-state index contributed by atoms with van der Waals surface area (Å²) in [5.41, 5.74) is 0.911. The number of para-hydroxylation sites is 1. The second-order valence-corrected chi connectivity index (χ2v) is 13.7. The van der Waals surface area contributed by atoms with E-state index in [1.165, 1.54) is 0 Å². The second-order valence-electron chi connectivity index (χ2n) is 9.97. The molecule has 2 aromatic heterocycles. The highest BCUT2D eigenvalue weighted by Gasteiger charge is 2.47. The summed E-state index contributed by atoms with van der Waals surface area (Å²) >= 11 is 3.19. The van der Waals surface area contributed by atoms with E-state index in [4.69, 9.17) is 9.83 Å². The van der Waals surface area contributed by atoms with E-state index in [1.54, 1.807) is 33.6 Å². The summed E-state index contributed by atoms with van der Waals surface area (Å²) in [6.45, 7) is 3.63. The van der Waals surface area contributed by atoms with Crippen molar-refractivity contribution in [3.05, 3.63) is 54.7 Å². The lowest BCUT2D eigenvalue weighted by atomic mass is 9.90. The largest absolute Gasteiger partial charge is 0.404 e. The van der Waals surface area contributed by atoms with E-state index in [0.29, 0.717) is 37.2 Å². The first kappa shape index (κ1) is 27.5. The van der Waals surface area contributed by atoms with Crippen LogP contribution in [0.1, 0.15) is 19.8 Å². The summed E-state index contributed by atoms with van der Waals surface area (Å²) in [7, 11) is 0.163. The molecular formula is C26H34N6O3S3. The van der Waals surface area contributed by atoms with Crippen molar-refractivity contribution in [2.45, 2.75) is 31.8 Å². The van der Waals surface area contributed by atoms with E-state index >= 15 is 0 Å². The summed E-state index contributed by atoms with van der Waals surface area (Å²) in [6.07, 6.45) is 3.32. The van der Waals surface area contributed by atoms with Crippen LogP contribution in [0.4, 0.5) is 5.00 Å². The average molecular weight is 575 g/mol. The summed E-state index contributed by atoms with van der Waals surface area (Å²) in [6, 6.07) is 14.9. The Bertz CT molecular complexity index is 1330. The SMILES string of the molecule is CC1CCN(S(=O)(=O)NCCN(C)C)C(C2C(=Nc3cc4ncccc4s3)SCN2Oc2ccccc2)C1. The Hall–Kier alpha value is -2.06. The summed E-state index contributed by atoms with van der Waals surface area (Å²) in [4.78, 5) is 17.8. The van der Waals surface area contributed by atoms with Crippen LogP contribution in [0.3, 0.4) is 0 Å². The van der Waals surface area contributed by atoms with E-state index in [1.807, 2.05) is 72.6 Å². The van der Waals surface area contributed by atoms with Crippen molar-refractivity contribution >= 4 is 53.6 Å². The third-order valence-electron chi connectivity index (χ3n) is 6.74. The minimum atomic E-state index is -3.70. The minimum absolute atomic E-state index is 0.319. The van der Waals surface area contributed by atoms with Gasteiger partial charge in [-0.1, -0.05) is 36.9 Å². The fraction of sp³-hybridized carbons (Fsp3) is 0.462.